The van der Waals surface area contributed by atoms with Crippen molar-refractivity contribution in [3.05, 3.63) is 64.7 Å². The summed E-state index contributed by atoms with van der Waals surface area (Å²) >= 11 is 5.90. The first-order valence-electron chi connectivity index (χ1n) is 7.78. The number of fused-ring (bicyclic) bond motifs is 1. The predicted molar refractivity (Wildman–Crippen MR) is 92.5 cm³/mol. The number of aliphatic hydroxyl groups excluding tert-OH is 1. The van der Waals surface area contributed by atoms with Crippen LogP contribution in [0.1, 0.15) is 25.0 Å². The molecule has 23 heavy (non-hydrogen) atoms. The summed E-state index contributed by atoms with van der Waals surface area (Å²) in [5.74, 6) is 0. The third-order valence-electron chi connectivity index (χ3n) is 4.03. The number of rotatable bonds is 5. The van der Waals surface area contributed by atoms with Gasteiger partial charge in [-0.1, -0.05) is 42.8 Å². The zero-order valence-electron chi connectivity index (χ0n) is 13.0. The van der Waals surface area contributed by atoms with E-state index in [9.17, 15) is 5.11 Å². The third-order valence-corrected chi connectivity index (χ3v) is 4.28. The topological polar surface area (TPSA) is 53.9 Å². The maximum atomic E-state index is 10.5. The minimum Gasteiger partial charge on any atom is -0.387 e. The minimum atomic E-state index is -0.678. The van der Waals surface area contributed by atoms with Gasteiger partial charge in [0.05, 0.1) is 23.7 Å². The van der Waals surface area contributed by atoms with E-state index in [4.69, 9.17) is 17.0 Å². The van der Waals surface area contributed by atoms with Gasteiger partial charge in [0, 0.05) is 11.6 Å². The fourth-order valence-corrected chi connectivity index (χ4v) is 3.02. The van der Waals surface area contributed by atoms with Crippen molar-refractivity contribution in [2.24, 2.45) is 0 Å². The van der Waals surface area contributed by atoms with Crippen LogP contribution in [-0.2, 0) is 13.1 Å². The van der Waals surface area contributed by atoms with Crippen LogP contribution in [0.15, 0.2) is 48.5 Å². The Morgan fingerprint density at radius 2 is 1.65 bits per heavy atom. The number of benzene rings is 2. The molecule has 0 unspecified atom stereocenters. The highest BCUT2D eigenvalue weighted by molar-refractivity contribution is 6.30. The Labute approximate surface area is 140 Å². The van der Waals surface area contributed by atoms with Crippen molar-refractivity contribution in [2.75, 3.05) is 0 Å². The van der Waals surface area contributed by atoms with E-state index in [1.54, 1.807) is 12.1 Å². The highest BCUT2D eigenvalue weighted by Crippen LogP contribution is 2.20. The molecule has 1 atom stereocenters. The van der Waals surface area contributed by atoms with Gasteiger partial charge < -0.3 is 14.2 Å². The standard InChI is InChI=1S/C18H20ClN3O/c1-2-11-21-15-5-3-4-6-16(15)22(18(21)20)12-17(23)13-7-9-14(19)10-8-13/h3-10,17,20,23H,2,11-12H2,1H3/t17-/m1/s1. The van der Waals surface area contributed by atoms with Gasteiger partial charge in [-0.15, -0.1) is 0 Å². The van der Waals surface area contributed by atoms with Gasteiger partial charge in [0.2, 0.25) is 5.62 Å². The molecule has 1 heterocycles. The number of imidazole rings is 1. The molecule has 2 N–H and O–H groups in total. The minimum absolute atomic E-state index is 0.345. The number of aromatic nitrogens is 2. The molecule has 0 fully saturated rings. The third kappa shape index (κ3) is 3.05. The van der Waals surface area contributed by atoms with Crippen molar-refractivity contribution in [2.45, 2.75) is 32.5 Å². The molecule has 0 saturated carbocycles. The Hall–Kier alpha value is -2.04. The number of halogens is 1. The highest BCUT2D eigenvalue weighted by Gasteiger charge is 2.14. The fraction of sp³-hybridized carbons (Fsp3) is 0.278. The van der Waals surface area contributed by atoms with Gasteiger partial charge in [0.15, 0.2) is 0 Å². The second-order valence-electron chi connectivity index (χ2n) is 5.64. The number of nitrogens with zero attached hydrogens (tertiary/aromatic N) is 2. The van der Waals surface area contributed by atoms with Gasteiger partial charge in [0.1, 0.15) is 0 Å². The Bertz CT molecular complexity index is 864. The summed E-state index contributed by atoms with van der Waals surface area (Å²) in [5, 5.41) is 19.6. The first kappa shape index (κ1) is 15.8. The molecule has 3 rings (SSSR count). The van der Waals surface area contributed by atoms with Crippen LogP contribution in [0.5, 0.6) is 0 Å². The van der Waals surface area contributed by atoms with Gasteiger partial charge in [-0.05, 0) is 36.2 Å². The van der Waals surface area contributed by atoms with Crippen LogP contribution in [0.3, 0.4) is 0 Å². The van der Waals surface area contributed by atoms with Crippen molar-refractivity contribution in [3.63, 3.8) is 0 Å². The van der Waals surface area contributed by atoms with Gasteiger partial charge in [0.25, 0.3) is 0 Å². The SMILES string of the molecule is CCCn1c(=N)n(C[C@@H](O)c2ccc(Cl)cc2)c2ccccc21. The maximum Gasteiger partial charge on any atom is 0.203 e. The lowest BCUT2D eigenvalue weighted by Gasteiger charge is -2.13. The molecule has 120 valence electrons. The average molecular weight is 330 g/mol. The van der Waals surface area contributed by atoms with Crippen molar-refractivity contribution >= 4 is 22.6 Å². The van der Waals surface area contributed by atoms with E-state index in [-0.39, 0.29) is 0 Å². The average Bonchev–Trinajstić information content (AvgIpc) is 2.82. The zero-order chi connectivity index (χ0) is 16.4. The number of aryl methyl sites for hydroxylation is 1. The summed E-state index contributed by atoms with van der Waals surface area (Å²) in [6.45, 7) is 3.24. The Balaban J connectivity index is 2.01. The summed E-state index contributed by atoms with van der Waals surface area (Å²) in [7, 11) is 0. The van der Waals surface area contributed by atoms with E-state index in [0.29, 0.717) is 17.2 Å². The lowest BCUT2D eigenvalue weighted by molar-refractivity contribution is 0.155. The molecule has 0 bridgehead atoms. The molecule has 0 radical (unpaired) electrons. The molecular formula is C18H20ClN3O. The molecule has 2 aromatic carbocycles. The Kier molecular flexibility index (Phi) is 4.55. The van der Waals surface area contributed by atoms with Crippen LogP contribution in [-0.4, -0.2) is 14.2 Å². The lowest BCUT2D eigenvalue weighted by atomic mass is 10.1. The molecule has 0 aliphatic heterocycles. The number of para-hydroxylation sites is 2. The molecule has 3 aromatic rings. The largest absolute Gasteiger partial charge is 0.387 e. The van der Waals surface area contributed by atoms with Crippen molar-refractivity contribution in [1.82, 2.24) is 9.13 Å². The molecule has 0 aliphatic carbocycles. The molecule has 0 aliphatic rings. The Morgan fingerprint density at radius 3 is 2.26 bits per heavy atom. The first-order valence-corrected chi connectivity index (χ1v) is 8.15. The molecule has 5 heteroatoms. The van der Waals surface area contributed by atoms with Crippen LogP contribution < -0.4 is 5.62 Å². The Morgan fingerprint density at radius 1 is 1.04 bits per heavy atom. The lowest BCUT2D eigenvalue weighted by Crippen LogP contribution is -2.26. The predicted octanol–water partition coefficient (Wildman–Crippen LogP) is 3.72. The van der Waals surface area contributed by atoms with Gasteiger partial charge >= 0.3 is 0 Å². The number of hydrogen-bond acceptors (Lipinski definition) is 2. The van der Waals surface area contributed by atoms with E-state index in [2.05, 4.69) is 6.92 Å². The van der Waals surface area contributed by atoms with E-state index in [1.807, 2.05) is 45.5 Å². The molecule has 0 saturated heterocycles. The molecule has 4 nitrogen and oxygen atoms in total. The molecular weight excluding hydrogens is 310 g/mol. The summed E-state index contributed by atoms with van der Waals surface area (Å²) in [6.07, 6.45) is 0.284. The van der Waals surface area contributed by atoms with Crippen LogP contribution in [0.4, 0.5) is 0 Å². The summed E-state index contributed by atoms with van der Waals surface area (Å²) < 4.78 is 3.86. The van der Waals surface area contributed by atoms with Gasteiger partial charge in [-0.25, -0.2) is 0 Å². The van der Waals surface area contributed by atoms with E-state index in [1.165, 1.54) is 0 Å². The van der Waals surface area contributed by atoms with E-state index < -0.39 is 6.10 Å². The number of nitrogens with one attached hydrogen (secondary N) is 1. The summed E-state index contributed by atoms with van der Waals surface area (Å²) in [4.78, 5) is 0. The van der Waals surface area contributed by atoms with Crippen molar-refractivity contribution in [3.8, 4) is 0 Å². The normalized spacial score (nSPS) is 12.7. The number of hydrogen-bond donors (Lipinski definition) is 2. The smallest absolute Gasteiger partial charge is 0.203 e. The second-order valence-corrected chi connectivity index (χ2v) is 6.08. The van der Waals surface area contributed by atoms with Crippen molar-refractivity contribution < 1.29 is 5.11 Å². The molecule has 0 amide bonds. The van der Waals surface area contributed by atoms with Gasteiger partial charge in [-0.2, -0.15) is 0 Å². The first-order chi connectivity index (χ1) is 11.1. The highest BCUT2D eigenvalue weighted by atomic mass is 35.5. The maximum absolute atomic E-state index is 10.5. The fourth-order valence-electron chi connectivity index (χ4n) is 2.89. The second kappa shape index (κ2) is 6.60. The van der Waals surface area contributed by atoms with Crippen LogP contribution in [0.25, 0.3) is 11.0 Å². The molecule has 0 spiro atoms. The quantitative estimate of drug-likeness (QED) is 0.736. The zero-order valence-corrected chi connectivity index (χ0v) is 13.8. The van der Waals surface area contributed by atoms with Gasteiger partial charge in [-0.3, -0.25) is 5.41 Å². The number of aliphatic hydroxyl groups is 1. The van der Waals surface area contributed by atoms with Crippen LogP contribution in [0, 0.1) is 5.41 Å². The van der Waals surface area contributed by atoms with Crippen molar-refractivity contribution in [1.29, 1.82) is 5.41 Å². The van der Waals surface area contributed by atoms with E-state index >= 15 is 0 Å². The van der Waals surface area contributed by atoms with Crippen LogP contribution in [0.2, 0.25) is 5.02 Å². The van der Waals surface area contributed by atoms with Crippen LogP contribution >= 0.6 is 11.6 Å². The summed E-state index contributed by atoms with van der Waals surface area (Å²) in [5.41, 5.74) is 3.22. The molecule has 1 aromatic heterocycles. The summed E-state index contributed by atoms with van der Waals surface area (Å²) in [6, 6.07) is 15.1. The monoisotopic (exact) mass is 329 g/mol. The van der Waals surface area contributed by atoms with E-state index in [0.717, 1.165) is 29.6 Å².